The molecule has 0 heterocycles. The molecule has 0 radical (unpaired) electrons. The van der Waals surface area contributed by atoms with Gasteiger partial charge >= 0.3 is 5.97 Å². The molecule has 166 valence electrons. The monoisotopic (exact) mass is 426 g/mol. The molecular weight excluding hydrogens is 396 g/mol. The van der Waals surface area contributed by atoms with Gasteiger partial charge in [0, 0.05) is 17.2 Å². The largest absolute Gasteiger partial charge is 0.493 e. The first kappa shape index (κ1) is 23.9. The van der Waals surface area contributed by atoms with E-state index in [9.17, 15) is 4.79 Å². The number of rotatable bonds is 10. The molecular formula is C25H30O6. The second-order valence-corrected chi connectivity index (χ2v) is 7.26. The standard InChI is InChI=1S/C25H30O6/c1-16(2)7-11-20-17(3)8-9-19(10-12-23(26)27)24(20)31-15-18-13-21(28-4)25(30-6)22(14-18)29-5/h7-10,12-14H,11,15H2,1-6H3,(H,26,27)/b12-10+. The molecule has 6 heteroatoms. The van der Waals surface area contributed by atoms with Crippen molar-refractivity contribution >= 4 is 12.0 Å². The predicted molar refractivity (Wildman–Crippen MR) is 121 cm³/mol. The average molecular weight is 427 g/mol. The molecule has 0 aliphatic rings. The van der Waals surface area contributed by atoms with Gasteiger partial charge in [0.1, 0.15) is 12.4 Å². The predicted octanol–water partition coefficient (Wildman–Crippen LogP) is 5.21. The molecule has 0 spiro atoms. The Hall–Kier alpha value is -3.41. The molecule has 0 atom stereocenters. The van der Waals surface area contributed by atoms with Crippen molar-refractivity contribution in [2.45, 2.75) is 33.8 Å². The first-order chi connectivity index (χ1) is 14.8. The van der Waals surface area contributed by atoms with E-state index in [0.717, 1.165) is 22.8 Å². The van der Waals surface area contributed by atoms with Crippen molar-refractivity contribution in [1.82, 2.24) is 0 Å². The molecule has 2 aromatic rings. The number of aliphatic carboxylic acids is 1. The van der Waals surface area contributed by atoms with E-state index < -0.39 is 5.97 Å². The van der Waals surface area contributed by atoms with Gasteiger partial charge in [-0.2, -0.15) is 0 Å². The smallest absolute Gasteiger partial charge is 0.328 e. The van der Waals surface area contributed by atoms with Crippen LogP contribution in [0.4, 0.5) is 0 Å². The van der Waals surface area contributed by atoms with Gasteiger partial charge in [0.25, 0.3) is 0 Å². The molecule has 0 fully saturated rings. The lowest BCUT2D eigenvalue weighted by Crippen LogP contribution is -2.04. The van der Waals surface area contributed by atoms with Crippen LogP contribution >= 0.6 is 0 Å². The lowest BCUT2D eigenvalue weighted by molar-refractivity contribution is -0.131. The van der Waals surface area contributed by atoms with Gasteiger partial charge in [-0.1, -0.05) is 23.8 Å². The number of carboxylic acid groups (broad SMARTS) is 1. The molecule has 0 aliphatic heterocycles. The van der Waals surface area contributed by atoms with E-state index in [2.05, 4.69) is 6.08 Å². The van der Waals surface area contributed by atoms with E-state index in [1.54, 1.807) is 27.4 Å². The average Bonchev–Trinajstić information content (AvgIpc) is 2.74. The number of allylic oxidation sites excluding steroid dienone is 2. The zero-order valence-corrected chi connectivity index (χ0v) is 18.9. The fourth-order valence-electron chi connectivity index (χ4n) is 3.14. The third-order valence-electron chi connectivity index (χ3n) is 4.75. The molecule has 0 saturated heterocycles. The third-order valence-corrected chi connectivity index (χ3v) is 4.75. The Morgan fingerprint density at radius 1 is 1.00 bits per heavy atom. The topological polar surface area (TPSA) is 74.2 Å². The van der Waals surface area contributed by atoms with Gasteiger partial charge in [-0.3, -0.25) is 0 Å². The summed E-state index contributed by atoms with van der Waals surface area (Å²) in [6.45, 7) is 6.35. The Morgan fingerprint density at radius 2 is 1.65 bits per heavy atom. The maximum absolute atomic E-state index is 11.1. The molecule has 0 aliphatic carbocycles. The molecule has 2 rings (SSSR count). The SMILES string of the molecule is COc1cc(COc2c(/C=C/C(=O)O)ccc(C)c2CC=C(C)C)cc(OC)c1OC. The summed E-state index contributed by atoms with van der Waals surface area (Å²) in [4.78, 5) is 11.1. The summed E-state index contributed by atoms with van der Waals surface area (Å²) in [7, 11) is 4.68. The van der Waals surface area contributed by atoms with Gasteiger partial charge in [0.15, 0.2) is 11.5 Å². The summed E-state index contributed by atoms with van der Waals surface area (Å²) in [5, 5.41) is 9.06. The number of benzene rings is 2. The van der Waals surface area contributed by atoms with Gasteiger partial charge in [-0.15, -0.1) is 0 Å². The summed E-state index contributed by atoms with van der Waals surface area (Å²) >= 11 is 0. The third kappa shape index (κ3) is 6.28. The quantitative estimate of drug-likeness (QED) is 0.415. The van der Waals surface area contributed by atoms with Crippen LogP contribution in [0.5, 0.6) is 23.0 Å². The Bertz CT molecular complexity index is 959. The molecule has 0 amide bonds. The molecule has 0 saturated carbocycles. The van der Waals surface area contributed by atoms with Crippen LogP contribution in [-0.2, 0) is 17.8 Å². The van der Waals surface area contributed by atoms with Crippen LogP contribution in [0, 0.1) is 6.92 Å². The van der Waals surface area contributed by atoms with Gasteiger partial charge in [0.2, 0.25) is 5.75 Å². The number of carbonyl (C=O) groups is 1. The number of methoxy groups -OCH3 is 3. The van der Waals surface area contributed by atoms with E-state index in [1.807, 2.05) is 45.0 Å². The number of aryl methyl sites for hydroxylation is 1. The highest BCUT2D eigenvalue weighted by Gasteiger charge is 2.16. The van der Waals surface area contributed by atoms with Crippen molar-refractivity contribution in [3.05, 3.63) is 64.2 Å². The first-order valence-electron chi connectivity index (χ1n) is 9.89. The minimum Gasteiger partial charge on any atom is -0.493 e. The van der Waals surface area contributed by atoms with Crippen molar-refractivity contribution in [1.29, 1.82) is 0 Å². The van der Waals surface area contributed by atoms with Crippen LogP contribution in [0.1, 0.15) is 36.1 Å². The van der Waals surface area contributed by atoms with Crippen LogP contribution in [0.3, 0.4) is 0 Å². The van der Waals surface area contributed by atoms with E-state index in [4.69, 9.17) is 24.1 Å². The van der Waals surface area contributed by atoms with Crippen molar-refractivity contribution < 1.29 is 28.8 Å². The molecule has 0 aromatic heterocycles. The van der Waals surface area contributed by atoms with E-state index in [1.165, 1.54) is 5.57 Å². The van der Waals surface area contributed by atoms with Crippen LogP contribution in [0.2, 0.25) is 0 Å². The second kappa shape index (κ2) is 11.1. The fourth-order valence-corrected chi connectivity index (χ4v) is 3.14. The maximum atomic E-state index is 11.1. The maximum Gasteiger partial charge on any atom is 0.328 e. The van der Waals surface area contributed by atoms with Crippen molar-refractivity contribution in [3.63, 3.8) is 0 Å². The Balaban J connectivity index is 2.48. The summed E-state index contributed by atoms with van der Waals surface area (Å²) in [5.74, 6) is 1.24. The fraction of sp³-hybridized carbons (Fsp3) is 0.320. The number of ether oxygens (including phenoxy) is 4. The van der Waals surface area contributed by atoms with Crippen molar-refractivity contribution in [2.75, 3.05) is 21.3 Å². The first-order valence-corrected chi connectivity index (χ1v) is 9.89. The summed E-state index contributed by atoms with van der Waals surface area (Å²) in [6.07, 6.45) is 5.48. The summed E-state index contributed by atoms with van der Waals surface area (Å²) in [5.41, 5.74) is 4.82. The highest BCUT2D eigenvalue weighted by atomic mass is 16.5. The highest BCUT2D eigenvalue weighted by molar-refractivity contribution is 5.86. The zero-order chi connectivity index (χ0) is 23.0. The van der Waals surface area contributed by atoms with Crippen LogP contribution in [-0.4, -0.2) is 32.4 Å². The van der Waals surface area contributed by atoms with E-state index in [-0.39, 0.29) is 6.61 Å². The Kier molecular flexibility index (Phi) is 8.55. The van der Waals surface area contributed by atoms with Gasteiger partial charge in [-0.05, 0) is 56.5 Å². The van der Waals surface area contributed by atoms with Crippen LogP contribution in [0.15, 0.2) is 42.0 Å². The second-order valence-electron chi connectivity index (χ2n) is 7.26. The number of hydrogen-bond donors (Lipinski definition) is 1. The van der Waals surface area contributed by atoms with Crippen molar-refractivity contribution in [3.8, 4) is 23.0 Å². The van der Waals surface area contributed by atoms with Gasteiger partial charge < -0.3 is 24.1 Å². The molecule has 6 nitrogen and oxygen atoms in total. The van der Waals surface area contributed by atoms with Gasteiger partial charge in [-0.25, -0.2) is 4.79 Å². The number of hydrogen-bond acceptors (Lipinski definition) is 5. The molecule has 0 bridgehead atoms. The minimum atomic E-state index is -1.01. The van der Waals surface area contributed by atoms with E-state index in [0.29, 0.717) is 35.0 Å². The molecule has 2 aromatic carbocycles. The molecule has 0 unspecified atom stereocenters. The van der Waals surface area contributed by atoms with Crippen LogP contribution < -0.4 is 18.9 Å². The van der Waals surface area contributed by atoms with Crippen LogP contribution in [0.25, 0.3) is 6.08 Å². The van der Waals surface area contributed by atoms with E-state index >= 15 is 0 Å². The minimum absolute atomic E-state index is 0.246. The zero-order valence-electron chi connectivity index (χ0n) is 18.9. The lowest BCUT2D eigenvalue weighted by atomic mass is 9.99. The Labute approximate surface area is 183 Å². The number of carboxylic acids is 1. The van der Waals surface area contributed by atoms with Crippen molar-refractivity contribution in [2.24, 2.45) is 0 Å². The lowest BCUT2D eigenvalue weighted by Gasteiger charge is -2.18. The molecule has 1 N–H and O–H groups in total. The summed E-state index contributed by atoms with van der Waals surface area (Å²) in [6, 6.07) is 7.51. The summed E-state index contributed by atoms with van der Waals surface area (Å²) < 4.78 is 22.5. The van der Waals surface area contributed by atoms with Gasteiger partial charge in [0.05, 0.1) is 21.3 Å². The highest BCUT2D eigenvalue weighted by Crippen LogP contribution is 2.39. The molecule has 31 heavy (non-hydrogen) atoms. The Morgan fingerprint density at radius 3 is 2.16 bits per heavy atom. The normalized spacial score (nSPS) is 10.6.